The van der Waals surface area contributed by atoms with Crippen molar-refractivity contribution < 1.29 is 5.11 Å². The lowest BCUT2D eigenvalue weighted by molar-refractivity contribution is 0.283. The van der Waals surface area contributed by atoms with Crippen LogP contribution in [0, 0.1) is 6.92 Å². The fourth-order valence-corrected chi connectivity index (χ4v) is 1.61. The van der Waals surface area contributed by atoms with Crippen LogP contribution in [0.25, 0.3) is 0 Å². The fourth-order valence-electron chi connectivity index (χ4n) is 1.61. The van der Waals surface area contributed by atoms with Crippen molar-refractivity contribution in [2.75, 3.05) is 13.2 Å². The van der Waals surface area contributed by atoms with Gasteiger partial charge >= 0.3 is 0 Å². The Morgan fingerprint density at radius 1 is 1.33 bits per heavy atom. The SMILES string of the molecule is Cc1cccc([C@H](C)NCCCCO)c1. The summed E-state index contributed by atoms with van der Waals surface area (Å²) in [4.78, 5) is 0. The summed E-state index contributed by atoms with van der Waals surface area (Å²) >= 11 is 0. The van der Waals surface area contributed by atoms with E-state index in [2.05, 4.69) is 43.4 Å². The average molecular weight is 207 g/mol. The molecule has 2 nitrogen and oxygen atoms in total. The highest BCUT2D eigenvalue weighted by molar-refractivity contribution is 5.24. The van der Waals surface area contributed by atoms with Crippen LogP contribution in [0.4, 0.5) is 0 Å². The van der Waals surface area contributed by atoms with E-state index < -0.39 is 0 Å². The summed E-state index contributed by atoms with van der Waals surface area (Å²) in [5.41, 5.74) is 2.63. The second-order valence-electron chi connectivity index (χ2n) is 4.02. The molecule has 15 heavy (non-hydrogen) atoms. The van der Waals surface area contributed by atoms with Crippen LogP contribution in [0.5, 0.6) is 0 Å². The first-order valence-electron chi connectivity index (χ1n) is 5.65. The Kier molecular flexibility index (Phi) is 5.37. The molecule has 0 saturated heterocycles. The third-order valence-electron chi connectivity index (χ3n) is 2.58. The van der Waals surface area contributed by atoms with Gasteiger partial charge in [-0.15, -0.1) is 0 Å². The molecule has 1 rings (SSSR count). The molecule has 1 aromatic carbocycles. The normalized spacial score (nSPS) is 12.7. The maximum atomic E-state index is 8.66. The van der Waals surface area contributed by atoms with E-state index in [0.717, 1.165) is 19.4 Å². The van der Waals surface area contributed by atoms with Crippen molar-refractivity contribution in [1.82, 2.24) is 5.32 Å². The Balaban J connectivity index is 2.36. The van der Waals surface area contributed by atoms with Crippen LogP contribution in [0.3, 0.4) is 0 Å². The number of aryl methyl sites for hydroxylation is 1. The van der Waals surface area contributed by atoms with Crippen LogP contribution in [-0.2, 0) is 0 Å². The Hall–Kier alpha value is -0.860. The van der Waals surface area contributed by atoms with E-state index in [1.807, 2.05) is 0 Å². The molecule has 0 fully saturated rings. The van der Waals surface area contributed by atoms with Gasteiger partial charge in [-0.25, -0.2) is 0 Å². The molecule has 0 aliphatic heterocycles. The summed E-state index contributed by atoms with van der Waals surface area (Å²) in [5.74, 6) is 0. The van der Waals surface area contributed by atoms with E-state index in [-0.39, 0.29) is 0 Å². The van der Waals surface area contributed by atoms with Gasteiger partial charge in [-0.1, -0.05) is 29.8 Å². The van der Waals surface area contributed by atoms with Gasteiger partial charge in [-0.05, 0) is 38.8 Å². The van der Waals surface area contributed by atoms with Crippen molar-refractivity contribution in [3.8, 4) is 0 Å². The quantitative estimate of drug-likeness (QED) is 0.702. The summed E-state index contributed by atoms with van der Waals surface area (Å²) in [5, 5.41) is 12.1. The number of rotatable bonds is 6. The molecule has 0 aliphatic carbocycles. The summed E-state index contributed by atoms with van der Waals surface area (Å²) in [6.07, 6.45) is 1.92. The lowest BCUT2D eigenvalue weighted by Crippen LogP contribution is -2.20. The molecule has 0 bridgehead atoms. The molecule has 0 saturated carbocycles. The van der Waals surface area contributed by atoms with Crippen molar-refractivity contribution in [3.05, 3.63) is 35.4 Å². The summed E-state index contributed by atoms with van der Waals surface area (Å²) in [6, 6.07) is 8.96. The largest absolute Gasteiger partial charge is 0.396 e. The van der Waals surface area contributed by atoms with E-state index >= 15 is 0 Å². The van der Waals surface area contributed by atoms with Gasteiger partial charge in [0.15, 0.2) is 0 Å². The molecule has 84 valence electrons. The lowest BCUT2D eigenvalue weighted by Gasteiger charge is -2.14. The van der Waals surface area contributed by atoms with Crippen LogP contribution >= 0.6 is 0 Å². The summed E-state index contributed by atoms with van der Waals surface area (Å²) < 4.78 is 0. The van der Waals surface area contributed by atoms with Gasteiger partial charge in [0.1, 0.15) is 0 Å². The van der Waals surface area contributed by atoms with Crippen LogP contribution in [0.1, 0.15) is 36.9 Å². The summed E-state index contributed by atoms with van der Waals surface area (Å²) in [7, 11) is 0. The Bertz CT molecular complexity index is 286. The number of aliphatic hydroxyl groups is 1. The molecule has 2 heteroatoms. The minimum atomic E-state index is 0.292. The monoisotopic (exact) mass is 207 g/mol. The molecular formula is C13H21NO. The number of benzene rings is 1. The van der Waals surface area contributed by atoms with Crippen molar-refractivity contribution in [3.63, 3.8) is 0 Å². The molecule has 0 heterocycles. The Morgan fingerprint density at radius 2 is 2.13 bits per heavy atom. The third kappa shape index (κ3) is 4.45. The van der Waals surface area contributed by atoms with Gasteiger partial charge in [0, 0.05) is 12.6 Å². The maximum absolute atomic E-state index is 8.66. The molecule has 0 spiro atoms. The number of hydrogen-bond donors (Lipinski definition) is 2. The second-order valence-corrected chi connectivity index (χ2v) is 4.02. The molecule has 0 radical (unpaired) electrons. The van der Waals surface area contributed by atoms with Crippen molar-refractivity contribution in [1.29, 1.82) is 0 Å². The minimum Gasteiger partial charge on any atom is -0.396 e. The number of aliphatic hydroxyl groups excluding tert-OH is 1. The van der Waals surface area contributed by atoms with E-state index in [0.29, 0.717) is 12.6 Å². The van der Waals surface area contributed by atoms with Gasteiger partial charge < -0.3 is 10.4 Å². The van der Waals surface area contributed by atoms with Crippen molar-refractivity contribution >= 4 is 0 Å². The first-order valence-corrected chi connectivity index (χ1v) is 5.65. The third-order valence-corrected chi connectivity index (χ3v) is 2.58. The zero-order chi connectivity index (χ0) is 11.1. The highest BCUT2D eigenvalue weighted by Crippen LogP contribution is 2.13. The molecule has 1 atom stereocenters. The molecule has 0 aliphatic rings. The van der Waals surface area contributed by atoms with Crippen LogP contribution in [0.15, 0.2) is 24.3 Å². The van der Waals surface area contributed by atoms with Crippen LogP contribution in [0.2, 0.25) is 0 Å². The van der Waals surface area contributed by atoms with Gasteiger partial charge in [0.2, 0.25) is 0 Å². The van der Waals surface area contributed by atoms with Crippen molar-refractivity contribution in [2.45, 2.75) is 32.7 Å². The zero-order valence-electron chi connectivity index (χ0n) is 9.66. The average Bonchev–Trinajstić information content (AvgIpc) is 2.24. The van der Waals surface area contributed by atoms with Crippen LogP contribution in [-0.4, -0.2) is 18.3 Å². The number of unbranched alkanes of at least 4 members (excludes halogenated alkanes) is 1. The Morgan fingerprint density at radius 3 is 2.80 bits per heavy atom. The molecule has 2 N–H and O–H groups in total. The number of nitrogens with one attached hydrogen (secondary N) is 1. The zero-order valence-corrected chi connectivity index (χ0v) is 9.66. The molecular weight excluding hydrogens is 186 g/mol. The topological polar surface area (TPSA) is 32.3 Å². The first kappa shape index (κ1) is 12.2. The minimum absolute atomic E-state index is 0.292. The van der Waals surface area contributed by atoms with E-state index in [1.54, 1.807) is 0 Å². The molecule has 0 unspecified atom stereocenters. The predicted octanol–water partition coefficient (Wildman–Crippen LogP) is 2.42. The molecule has 1 aromatic rings. The lowest BCUT2D eigenvalue weighted by atomic mass is 10.1. The van der Waals surface area contributed by atoms with Gasteiger partial charge in [0.25, 0.3) is 0 Å². The highest BCUT2D eigenvalue weighted by atomic mass is 16.2. The standard InChI is InChI=1S/C13H21NO/c1-11-6-5-7-13(10-11)12(2)14-8-3-4-9-15/h5-7,10,12,14-15H,3-4,8-9H2,1-2H3/t12-/m0/s1. The number of hydrogen-bond acceptors (Lipinski definition) is 2. The maximum Gasteiger partial charge on any atom is 0.0431 e. The smallest absolute Gasteiger partial charge is 0.0431 e. The van der Waals surface area contributed by atoms with Crippen LogP contribution < -0.4 is 5.32 Å². The van der Waals surface area contributed by atoms with Crippen molar-refractivity contribution in [2.24, 2.45) is 0 Å². The van der Waals surface area contributed by atoms with E-state index in [9.17, 15) is 0 Å². The predicted molar refractivity (Wildman–Crippen MR) is 63.9 cm³/mol. The summed E-state index contributed by atoms with van der Waals surface area (Å²) in [6.45, 7) is 5.55. The van der Waals surface area contributed by atoms with E-state index in [1.165, 1.54) is 11.1 Å². The molecule has 0 amide bonds. The van der Waals surface area contributed by atoms with E-state index in [4.69, 9.17) is 5.11 Å². The Labute approximate surface area is 92.3 Å². The van der Waals surface area contributed by atoms with Gasteiger partial charge in [-0.3, -0.25) is 0 Å². The fraction of sp³-hybridized carbons (Fsp3) is 0.538. The molecule has 0 aromatic heterocycles. The first-order chi connectivity index (χ1) is 7.24. The van der Waals surface area contributed by atoms with Gasteiger partial charge in [0.05, 0.1) is 0 Å². The highest BCUT2D eigenvalue weighted by Gasteiger charge is 2.03. The van der Waals surface area contributed by atoms with Gasteiger partial charge in [-0.2, -0.15) is 0 Å². The second kappa shape index (κ2) is 6.59.